The van der Waals surface area contributed by atoms with Crippen LogP contribution >= 0.6 is 0 Å². The predicted molar refractivity (Wildman–Crippen MR) is 79.5 cm³/mol. The smallest absolute Gasteiger partial charge is 0.255 e. The Kier molecular flexibility index (Phi) is 4.66. The number of rotatable bonds is 5. The number of amides is 1. The van der Waals surface area contributed by atoms with E-state index in [0.29, 0.717) is 5.69 Å². The second-order valence-electron chi connectivity index (χ2n) is 4.22. The van der Waals surface area contributed by atoms with Crippen LogP contribution in [0.4, 0.5) is 5.69 Å². The number of anilines is 1. The van der Waals surface area contributed by atoms with Crippen molar-refractivity contribution in [3.8, 4) is 0 Å². The summed E-state index contributed by atoms with van der Waals surface area (Å²) in [6.07, 6.45) is 3.11. The minimum absolute atomic E-state index is 0.0585. The van der Waals surface area contributed by atoms with Crippen molar-refractivity contribution in [3.63, 3.8) is 0 Å². The van der Waals surface area contributed by atoms with Crippen molar-refractivity contribution in [3.05, 3.63) is 54.4 Å². The molecule has 0 aliphatic carbocycles. The molecular formula is C14H15N3O3S. The van der Waals surface area contributed by atoms with Gasteiger partial charge in [-0.2, -0.15) is 0 Å². The molecule has 0 saturated carbocycles. The lowest BCUT2D eigenvalue weighted by atomic mass is 10.2. The van der Waals surface area contributed by atoms with Crippen LogP contribution in [0, 0.1) is 0 Å². The fraction of sp³-hybridized carbons (Fsp3) is 0.143. The molecule has 2 aromatic rings. The molecule has 0 aliphatic heterocycles. The van der Waals surface area contributed by atoms with Crippen LogP contribution in [0.1, 0.15) is 17.3 Å². The number of hydrogen-bond donors (Lipinski definition) is 2. The summed E-state index contributed by atoms with van der Waals surface area (Å²) in [5.74, 6) is -0.392. The summed E-state index contributed by atoms with van der Waals surface area (Å²) < 4.78 is 26.2. The summed E-state index contributed by atoms with van der Waals surface area (Å²) >= 11 is 0. The van der Waals surface area contributed by atoms with Crippen LogP contribution in [0.2, 0.25) is 0 Å². The van der Waals surface area contributed by atoms with Crippen molar-refractivity contribution < 1.29 is 13.2 Å². The van der Waals surface area contributed by atoms with Crippen molar-refractivity contribution in [1.82, 2.24) is 9.71 Å². The maximum Gasteiger partial charge on any atom is 0.255 e. The molecule has 1 aromatic heterocycles. The number of carbonyl (C=O) groups is 1. The first-order valence-electron chi connectivity index (χ1n) is 6.34. The number of carbonyl (C=O) groups excluding carboxylic acids is 1. The molecule has 0 spiro atoms. The van der Waals surface area contributed by atoms with Gasteiger partial charge in [-0.25, -0.2) is 13.1 Å². The second kappa shape index (κ2) is 6.47. The van der Waals surface area contributed by atoms with Crippen LogP contribution in [-0.4, -0.2) is 25.9 Å². The number of pyridine rings is 1. The summed E-state index contributed by atoms with van der Waals surface area (Å²) in [6.45, 7) is 1.98. The number of benzene rings is 1. The highest BCUT2D eigenvalue weighted by Crippen LogP contribution is 2.13. The van der Waals surface area contributed by atoms with E-state index >= 15 is 0 Å². The van der Waals surface area contributed by atoms with E-state index in [1.54, 1.807) is 31.3 Å². The standard InChI is InChI=1S/C14H15N3O3S/c1-2-16-21(19,20)13-7-3-5-11(9-13)14(18)17-12-6-4-8-15-10-12/h3-10,16H,2H2,1H3,(H,17,18). The minimum Gasteiger partial charge on any atom is -0.321 e. The van der Waals surface area contributed by atoms with Crippen LogP contribution in [0.3, 0.4) is 0 Å². The minimum atomic E-state index is -3.58. The van der Waals surface area contributed by atoms with Gasteiger partial charge in [-0.15, -0.1) is 0 Å². The molecule has 0 saturated heterocycles. The lowest BCUT2D eigenvalue weighted by Crippen LogP contribution is -2.23. The number of aromatic nitrogens is 1. The normalized spacial score (nSPS) is 11.1. The van der Waals surface area contributed by atoms with E-state index in [1.165, 1.54) is 24.4 Å². The second-order valence-corrected chi connectivity index (χ2v) is 5.99. The summed E-state index contributed by atoms with van der Waals surface area (Å²) in [7, 11) is -3.58. The molecule has 0 atom stereocenters. The highest BCUT2D eigenvalue weighted by molar-refractivity contribution is 7.89. The SMILES string of the molecule is CCNS(=O)(=O)c1cccc(C(=O)Nc2cccnc2)c1. The number of nitrogens with one attached hydrogen (secondary N) is 2. The average Bonchev–Trinajstić information content (AvgIpc) is 2.48. The van der Waals surface area contributed by atoms with E-state index in [2.05, 4.69) is 15.0 Å². The van der Waals surface area contributed by atoms with Crippen molar-refractivity contribution in [2.45, 2.75) is 11.8 Å². The first-order valence-corrected chi connectivity index (χ1v) is 7.82. The van der Waals surface area contributed by atoms with E-state index in [4.69, 9.17) is 0 Å². The zero-order chi connectivity index (χ0) is 15.3. The van der Waals surface area contributed by atoms with E-state index in [9.17, 15) is 13.2 Å². The van der Waals surface area contributed by atoms with Gasteiger partial charge in [-0.05, 0) is 30.3 Å². The topological polar surface area (TPSA) is 88.2 Å². The van der Waals surface area contributed by atoms with Crippen molar-refractivity contribution in [2.75, 3.05) is 11.9 Å². The van der Waals surface area contributed by atoms with Gasteiger partial charge in [0.1, 0.15) is 0 Å². The summed E-state index contributed by atoms with van der Waals surface area (Å²) in [4.78, 5) is 16.0. The molecule has 2 rings (SSSR count). The van der Waals surface area contributed by atoms with Crippen molar-refractivity contribution in [1.29, 1.82) is 0 Å². The van der Waals surface area contributed by atoms with E-state index in [0.717, 1.165) is 0 Å². The Morgan fingerprint density at radius 1 is 1.24 bits per heavy atom. The van der Waals surface area contributed by atoms with Crippen LogP contribution in [-0.2, 0) is 10.0 Å². The monoisotopic (exact) mass is 305 g/mol. The van der Waals surface area contributed by atoms with Gasteiger partial charge < -0.3 is 5.32 Å². The van der Waals surface area contributed by atoms with E-state index < -0.39 is 15.9 Å². The molecule has 7 heteroatoms. The Labute approximate surface area is 123 Å². The summed E-state index contributed by atoms with van der Waals surface area (Å²) in [6, 6.07) is 9.26. The third-order valence-electron chi connectivity index (χ3n) is 2.66. The Hall–Kier alpha value is -2.25. The average molecular weight is 305 g/mol. The maximum absolute atomic E-state index is 12.1. The van der Waals surface area contributed by atoms with Crippen molar-refractivity contribution >= 4 is 21.6 Å². The lowest BCUT2D eigenvalue weighted by Gasteiger charge is -2.07. The Bertz CT molecular complexity index is 730. The summed E-state index contributed by atoms with van der Waals surface area (Å²) in [5, 5.41) is 2.65. The van der Waals surface area contributed by atoms with Crippen LogP contribution in [0.25, 0.3) is 0 Å². The van der Waals surface area contributed by atoms with Gasteiger partial charge in [-0.3, -0.25) is 9.78 Å². The van der Waals surface area contributed by atoms with Crippen LogP contribution < -0.4 is 10.0 Å². The molecule has 1 amide bonds. The molecule has 6 nitrogen and oxygen atoms in total. The van der Waals surface area contributed by atoms with E-state index in [1.807, 2.05) is 0 Å². The Balaban J connectivity index is 2.23. The zero-order valence-corrected chi connectivity index (χ0v) is 12.2. The quantitative estimate of drug-likeness (QED) is 0.879. The Morgan fingerprint density at radius 2 is 2.05 bits per heavy atom. The molecule has 0 unspecified atom stereocenters. The van der Waals surface area contributed by atoms with Gasteiger partial charge in [0.05, 0.1) is 16.8 Å². The lowest BCUT2D eigenvalue weighted by molar-refractivity contribution is 0.102. The molecule has 1 heterocycles. The number of sulfonamides is 1. The largest absolute Gasteiger partial charge is 0.321 e. The molecule has 0 bridgehead atoms. The molecule has 21 heavy (non-hydrogen) atoms. The highest BCUT2D eigenvalue weighted by Gasteiger charge is 2.15. The third-order valence-corrected chi connectivity index (χ3v) is 4.20. The van der Waals surface area contributed by atoms with Gasteiger partial charge >= 0.3 is 0 Å². The number of nitrogens with zero attached hydrogens (tertiary/aromatic N) is 1. The molecule has 0 fully saturated rings. The maximum atomic E-state index is 12.1. The van der Waals surface area contributed by atoms with E-state index in [-0.39, 0.29) is 17.0 Å². The first-order chi connectivity index (χ1) is 10.0. The molecule has 2 N–H and O–H groups in total. The first kappa shape index (κ1) is 15.1. The van der Waals surface area contributed by atoms with Gasteiger partial charge in [0.2, 0.25) is 10.0 Å². The molecular weight excluding hydrogens is 290 g/mol. The summed E-state index contributed by atoms with van der Waals surface area (Å²) in [5.41, 5.74) is 0.806. The number of hydrogen-bond acceptors (Lipinski definition) is 4. The van der Waals surface area contributed by atoms with Gasteiger partial charge in [0, 0.05) is 18.3 Å². The highest BCUT2D eigenvalue weighted by atomic mass is 32.2. The fourth-order valence-electron chi connectivity index (χ4n) is 1.72. The van der Waals surface area contributed by atoms with Crippen molar-refractivity contribution in [2.24, 2.45) is 0 Å². The van der Waals surface area contributed by atoms with Crippen LogP contribution in [0.15, 0.2) is 53.7 Å². The van der Waals surface area contributed by atoms with Gasteiger partial charge in [-0.1, -0.05) is 13.0 Å². The zero-order valence-electron chi connectivity index (χ0n) is 11.4. The predicted octanol–water partition coefficient (Wildman–Crippen LogP) is 1.63. The third kappa shape index (κ3) is 3.87. The van der Waals surface area contributed by atoms with Crippen LogP contribution in [0.5, 0.6) is 0 Å². The fourth-order valence-corrected chi connectivity index (χ4v) is 2.80. The Morgan fingerprint density at radius 3 is 2.71 bits per heavy atom. The van der Waals surface area contributed by atoms with Gasteiger partial charge in [0.25, 0.3) is 5.91 Å². The molecule has 110 valence electrons. The van der Waals surface area contributed by atoms with Gasteiger partial charge in [0.15, 0.2) is 0 Å². The molecule has 0 aliphatic rings. The molecule has 1 aromatic carbocycles. The molecule has 0 radical (unpaired) electrons.